The summed E-state index contributed by atoms with van der Waals surface area (Å²) in [4.78, 5) is 14.9. The first-order chi connectivity index (χ1) is 10.1. The lowest BCUT2D eigenvalue weighted by Gasteiger charge is -2.41. The second-order valence-corrected chi connectivity index (χ2v) is 6.51. The average Bonchev–Trinajstić information content (AvgIpc) is 2.81. The number of nitrogen functional groups attached to an aromatic ring is 1. The highest BCUT2D eigenvalue weighted by Gasteiger charge is 2.34. The number of aryl methyl sites for hydroxylation is 2. The van der Waals surface area contributed by atoms with Crippen LogP contribution in [0.5, 0.6) is 0 Å². The molecular weight excluding hydrogens is 264 g/mol. The van der Waals surface area contributed by atoms with Gasteiger partial charge in [-0.05, 0) is 38.5 Å². The van der Waals surface area contributed by atoms with Gasteiger partial charge in [0.15, 0.2) is 0 Å². The summed E-state index contributed by atoms with van der Waals surface area (Å²) in [7, 11) is 0. The summed E-state index contributed by atoms with van der Waals surface area (Å²) in [5, 5.41) is 4.37. The van der Waals surface area contributed by atoms with Gasteiger partial charge in [0.25, 0.3) is 5.91 Å². The predicted molar refractivity (Wildman–Crippen MR) is 83.0 cm³/mol. The van der Waals surface area contributed by atoms with E-state index in [-0.39, 0.29) is 5.91 Å². The van der Waals surface area contributed by atoms with E-state index in [0.717, 1.165) is 31.1 Å². The maximum atomic E-state index is 12.9. The number of hydrogen-bond donors (Lipinski definition) is 1. The van der Waals surface area contributed by atoms with E-state index < -0.39 is 0 Å². The lowest BCUT2D eigenvalue weighted by atomic mass is 9.75. The van der Waals surface area contributed by atoms with Crippen molar-refractivity contribution < 1.29 is 4.79 Å². The second-order valence-electron chi connectivity index (χ2n) is 6.51. The van der Waals surface area contributed by atoms with E-state index in [1.165, 1.54) is 25.7 Å². The molecule has 5 heteroatoms. The Bertz CT molecular complexity index is 537. The number of fused-ring (bicyclic) bond motifs is 1. The summed E-state index contributed by atoms with van der Waals surface area (Å²) in [6.45, 7) is 6.31. The van der Waals surface area contributed by atoms with Crippen molar-refractivity contribution in [1.82, 2.24) is 14.7 Å². The highest BCUT2D eigenvalue weighted by molar-refractivity contribution is 5.98. The van der Waals surface area contributed by atoms with Gasteiger partial charge >= 0.3 is 0 Å². The number of aromatic nitrogens is 2. The topological polar surface area (TPSA) is 64.2 Å². The Balaban J connectivity index is 1.79. The van der Waals surface area contributed by atoms with Gasteiger partial charge in [-0.15, -0.1) is 0 Å². The van der Waals surface area contributed by atoms with Crippen LogP contribution in [0, 0.1) is 18.8 Å². The standard InChI is InChI=1S/C16H26N4O/c1-3-20-15(14(17)11(2)18-20)16(21)19-9-8-12-6-4-5-7-13(12)10-19/h12-13H,3-10,17H2,1-2H3. The van der Waals surface area contributed by atoms with Crippen LogP contribution >= 0.6 is 0 Å². The van der Waals surface area contributed by atoms with Crippen LogP contribution in [0.4, 0.5) is 5.69 Å². The van der Waals surface area contributed by atoms with E-state index in [4.69, 9.17) is 5.73 Å². The van der Waals surface area contributed by atoms with Crippen molar-refractivity contribution in [2.45, 2.75) is 52.5 Å². The minimum Gasteiger partial charge on any atom is -0.395 e. The fourth-order valence-corrected chi connectivity index (χ4v) is 3.98. The molecule has 0 radical (unpaired) electrons. The number of nitrogens with zero attached hydrogens (tertiary/aromatic N) is 3. The molecule has 5 nitrogen and oxygen atoms in total. The largest absolute Gasteiger partial charge is 0.395 e. The Morgan fingerprint density at radius 1 is 1.29 bits per heavy atom. The molecule has 2 N–H and O–H groups in total. The molecule has 2 heterocycles. The number of piperidine rings is 1. The number of nitrogens with two attached hydrogens (primary N) is 1. The Kier molecular flexibility index (Phi) is 3.91. The molecule has 2 fully saturated rings. The van der Waals surface area contributed by atoms with Crippen molar-refractivity contribution in [3.63, 3.8) is 0 Å². The van der Waals surface area contributed by atoms with E-state index in [0.29, 0.717) is 23.8 Å². The van der Waals surface area contributed by atoms with Gasteiger partial charge < -0.3 is 10.6 Å². The molecule has 2 unspecified atom stereocenters. The molecule has 116 valence electrons. The van der Waals surface area contributed by atoms with Crippen LogP contribution in [0.15, 0.2) is 0 Å². The molecule has 1 aromatic heterocycles. The Hall–Kier alpha value is -1.52. The molecule has 2 aliphatic rings. The van der Waals surface area contributed by atoms with Crippen LogP contribution < -0.4 is 5.73 Å². The van der Waals surface area contributed by atoms with Gasteiger partial charge in [0.2, 0.25) is 0 Å². The smallest absolute Gasteiger partial charge is 0.274 e. The lowest BCUT2D eigenvalue weighted by molar-refractivity contribution is 0.0511. The molecule has 0 bridgehead atoms. The van der Waals surface area contributed by atoms with E-state index in [1.807, 2.05) is 18.7 Å². The molecule has 1 saturated carbocycles. The molecule has 1 aliphatic heterocycles. The predicted octanol–water partition coefficient (Wildman–Crippen LogP) is 2.45. The molecular formula is C16H26N4O. The monoisotopic (exact) mass is 290 g/mol. The van der Waals surface area contributed by atoms with E-state index >= 15 is 0 Å². The van der Waals surface area contributed by atoms with Crippen LogP contribution in [0.2, 0.25) is 0 Å². The maximum absolute atomic E-state index is 12.9. The summed E-state index contributed by atoms with van der Waals surface area (Å²) >= 11 is 0. The number of likely N-dealkylation sites (tertiary alicyclic amines) is 1. The number of hydrogen-bond acceptors (Lipinski definition) is 3. The third kappa shape index (κ3) is 2.54. The number of rotatable bonds is 2. The number of carbonyl (C=O) groups excluding carboxylic acids is 1. The minimum absolute atomic E-state index is 0.0685. The Morgan fingerprint density at radius 3 is 2.71 bits per heavy atom. The first kappa shape index (κ1) is 14.4. The average molecular weight is 290 g/mol. The van der Waals surface area contributed by atoms with Crippen molar-refractivity contribution in [3.8, 4) is 0 Å². The van der Waals surface area contributed by atoms with Gasteiger partial charge in [0.1, 0.15) is 5.69 Å². The zero-order chi connectivity index (χ0) is 15.0. The number of anilines is 1. The van der Waals surface area contributed by atoms with Crippen molar-refractivity contribution in [1.29, 1.82) is 0 Å². The quantitative estimate of drug-likeness (QED) is 0.910. The van der Waals surface area contributed by atoms with Crippen molar-refractivity contribution >= 4 is 11.6 Å². The number of carbonyl (C=O) groups is 1. The lowest BCUT2D eigenvalue weighted by Crippen LogP contribution is -2.45. The highest BCUT2D eigenvalue weighted by atomic mass is 16.2. The fraction of sp³-hybridized carbons (Fsp3) is 0.750. The van der Waals surface area contributed by atoms with Crippen LogP contribution in [0.25, 0.3) is 0 Å². The van der Waals surface area contributed by atoms with Crippen molar-refractivity contribution in [3.05, 3.63) is 11.4 Å². The van der Waals surface area contributed by atoms with Gasteiger partial charge in [-0.1, -0.05) is 19.3 Å². The normalized spacial score (nSPS) is 25.7. The second kappa shape index (κ2) is 5.70. The third-order valence-corrected chi connectivity index (χ3v) is 5.25. The molecule has 1 aromatic rings. The third-order valence-electron chi connectivity index (χ3n) is 5.25. The van der Waals surface area contributed by atoms with Gasteiger partial charge in [0, 0.05) is 19.6 Å². The fourth-order valence-electron chi connectivity index (χ4n) is 3.98. The van der Waals surface area contributed by atoms with Crippen molar-refractivity contribution in [2.24, 2.45) is 11.8 Å². The Labute approximate surface area is 126 Å². The van der Waals surface area contributed by atoms with E-state index in [9.17, 15) is 4.79 Å². The Morgan fingerprint density at radius 2 is 2.00 bits per heavy atom. The molecule has 2 atom stereocenters. The first-order valence-electron chi connectivity index (χ1n) is 8.24. The molecule has 3 rings (SSSR count). The van der Waals surface area contributed by atoms with Crippen LogP contribution in [-0.2, 0) is 6.54 Å². The zero-order valence-electron chi connectivity index (χ0n) is 13.1. The summed E-state index contributed by atoms with van der Waals surface area (Å²) in [5.74, 6) is 1.59. The highest BCUT2D eigenvalue weighted by Crippen LogP contribution is 2.36. The van der Waals surface area contributed by atoms with Gasteiger partial charge in [0.05, 0.1) is 11.4 Å². The van der Waals surface area contributed by atoms with Gasteiger partial charge in [-0.25, -0.2) is 0 Å². The first-order valence-corrected chi connectivity index (χ1v) is 8.24. The number of amides is 1. The van der Waals surface area contributed by atoms with E-state index in [1.54, 1.807) is 4.68 Å². The SMILES string of the molecule is CCn1nc(C)c(N)c1C(=O)N1CCC2CCCCC2C1. The van der Waals surface area contributed by atoms with Crippen molar-refractivity contribution in [2.75, 3.05) is 18.8 Å². The molecule has 0 spiro atoms. The van der Waals surface area contributed by atoms with Crippen LogP contribution in [0.3, 0.4) is 0 Å². The van der Waals surface area contributed by atoms with Crippen LogP contribution in [-0.4, -0.2) is 33.7 Å². The molecule has 1 aliphatic carbocycles. The molecule has 0 aromatic carbocycles. The summed E-state index contributed by atoms with van der Waals surface area (Å²) < 4.78 is 1.75. The minimum atomic E-state index is 0.0685. The van der Waals surface area contributed by atoms with Gasteiger partial charge in [-0.3, -0.25) is 9.48 Å². The van der Waals surface area contributed by atoms with Crippen LogP contribution in [0.1, 0.15) is 55.2 Å². The summed E-state index contributed by atoms with van der Waals surface area (Å²) in [6, 6.07) is 0. The molecule has 1 amide bonds. The zero-order valence-corrected chi connectivity index (χ0v) is 13.1. The summed E-state index contributed by atoms with van der Waals surface area (Å²) in [5.41, 5.74) is 7.98. The maximum Gasteiger partial charge on any atom is 0.274 e. The molecule has 1 saturated heterocycles. The van der Waals surface area contributed by atoms with Gasteiger partial charge in [-0.2, -0.15) is 5.10 Å². The van der Waals surface area contributed by atoms with E-state index in [2.05, 4.69) is 5.10 Å². The summed E-state index contributed by atoms with van der Waals surface area (Å²) in [6.07, 6.45) is 6.45. The molecule has 21 heavy (non-hydrogen) atoms.